The number of halogens is 1. The molecule has 3 aromatic rings. The van der Waals surface area contributed by atoms with Crippen LogP contribution in [0.3, 0.4) is 0 Å². The summed E-state index contributed by atoms with van der Waals surface area (Å²) in [5, 5.41) is 12.1. The Hall–Kier alpha value is -3.19. The zero-order valence-corrected chi connectivity index (χ0v) is 18.8. The normalized spacial score (nSPS) is 11.2. The summed E-state index contributed by atoms with van der Waals surface area (Å²) >= 11 is 6.15. The third-order valence-corrected chi connectivity index (χ3v) is 5.46. The van der Waals surface area contributed by atoms with Crippen LogP contribution in [0.1, 0.15) is 63.6 Å². The lowest BCUT2D eigenvalue weighted by Crippen LogP contribution is -2.38. The Morgan fingerprint density at radius 1 is 1.13 bits per heavy atom. The van der Waals surface area contributed by atoms with Crippen molar-refractivity contribution in [1.29, 1.82) is 0 Å². The van der Waals surface area contributed by atoms with E-state index < -0.39 is 17.0 Å². The lowest BCUT2D eigenvalue weighted by atomic mass is 9.96. The van der Waals surface area contributed by atoms with Gasteiger partial charge in [-0.25, -0.2) is 4.79 Å². The fourth-order valence-corrected chi connectivity index (χ4v) is 4.10. The van der Waals surface area contributed by atoms with Gasteiger partial charge >= 0.3 is 5.69 Å². The van der Waals surface area contributed by atoms with E-state index in [2.05, 4.69) is 4.98 Å². The highest BCUT2D eigenvalue weighted by atomic mass is 35.5. The Bertz CT molecular complexity index is 1260. The van der Waals surface area contributed by atoms with Gasteiger partial charge in [-0.15, -0.1) is 0 Å². The van der Waals surface area contributed by atoms with Crippen LogP contribution in [0.25, 0.3) is 0 Å². The Kier molecular flexibility index (Phi) is 6.18. The molecule has 162 valence electrons. The standard InChI is InChI=1S/C23H24ClN3O4/c1-12(2)19-20(21(28)16-6-13(3)7-17(24)8-16)27(23(30)25-22(19)29)11-18-14(4)9-26(31)10-15(18)5/h6-10,12H,11H2,1-5H3,(H,25,29,30). The number of hydrogen-bond acceptors (Lipinski definition) is 4. The molecule has 1 aromatic carbocycles. The van der Waals surface area contributed by atoms with Crippen molar-refractivity contribution in [1.82, 2.24) is 9.55 Å². The maximum absolute atomic E-state index is 13.6. The molecule has 0 saturated heterocycles. The van der Waals surface area contributed by atoms with Crippen molar-refractivity contribution in [2.75, 3.05) is 0 Å². The van der Waals surface area contributed by atoms with Crippen LogP contribution in [0.15, 0.2) is 40.2 Å². The summed E-state index contributed by atoms with van der Waals surface area (Å²) in [4.78, 5) is 41.5. The number of carbonyl (C=O) groups is 1. The van der Waals surface area contributed by atoms with E-state index in [9.17, 15) is 19.6 Å². The zero-order chi connectivity index (χ0) is 23.0. The number of H-pyrrole nitrogens is 1. The van der Waals surface area contributed by atoms with E-state index in [0.29, 0.717) is 26.4 Å². The number of pyridine rings is 1. The monoisotopic (exact) mass is 441 g/mol. The Morgan fingerprint density at radius 3 is 2.29 bits per heavy atom. The fourth-order valence-electron chi connectivity index (χ4n) is 3.82. The highest BCUT2D eigenvalue weighted by molar-refractivity contribution is 6.31. The van der Waals surface area contributed by atoms with Gasteiger partial charge in [0.25, 0.3) is 5.56 Å². The summed E-state index contributed by atoms with van der Waals surface area (Å²) < 4.78 is 1.98. The predicted molar refractivity (Wildman–Crippen MR) is 119 cm³/mol. The summed E-state index contributed by atoms with van der Waals surface area (Å²) in [6.07, 6.45) is 2.81. The van der Waals surface area contributed by atoms with Crippen molar-refractivity contribution in [2.24, 2.45) is 0 Å². The van der Waals surface area contributed by atoms with Crippen LogP contribution in [0.2, 0.25) is 5.02 Å². The molecule has 0 spiro atoms. The van der Waals surface area contributed by atoms with E-state index in [4.69, 9.17) is 11.6 Å². The molecule has 0 amide bonds. The second-order valence-electron chi connectivity index (χ2n) is 8.07. The molecule has 2 aromatic heterocycles. The summed E-state index contributed by atoms with van der Waals surface area (Å²) in [5.41, 5.74) is 2.15. The summed E-state index contributed by atoms with van der Waals surface area (Å²) in [6, 6.07) is 4.92. The number of aromatic nitrogens is 3. The topological polar surface area (TPSA) is 98.9 Å². The van der Waals surface area contributed by atoms with Crippen LogP contribution >= 0.6 is 11.6 Å². The Morgan fingerprint density at radius 2 is 1.74 bits per heavy atom. The number of nitrogens with zero attached hydrogens (tertiary/aromatic N) is 2. The lowest BCUT2D eigenvalue weighted by Gasteiger charge is -2.19. The molecule has 0 aliphatic rings. The van der Waals surface area contributed by atoms with Crippen LogP contribution in [-0.4, -0.2) is 15.3 Å². The smallest absolute Gasteiger partial charge is 0.329 e. The highest BCUT2D eigenvalue weighted by Gasteiger charge is 2.25. The van der Waals surface area contributed by atoms with Gasteiger partial charge < -0.3 is 5.21 Å². The van der Waals surface area contributed by atoms with Gasteiger partial charge in [-0.3, -0.25) is 19.1 Å². The largest absolute Gasteiger partial charge is 0.619 e. The average Bonchev–Trinajstić information content (AvgIpc) is 2.63. The Balaban J connectivity index is 2.32. The van der Waals surface area contributed by atoms with Gasteiger partial charge in [-0.2, -0.15) is 4.73 Å². The van der Waals surface area contributed by atoms with Gasteiger partial charge in [0.15, 0.2) is 12.4 Å². The minimum Gasteiger partial charge on any atom is -0.619 e. The molecule has 8 heteroatoms. The van der Waals surface area contributed by atoms with Gasteiger partial charge in [0.1, 0.15) is 5.69 Å². The summed E-state index contributed by atoms with van der Waals surface area (Å²) in [6.45, 7) is 8.95. The molecule has 1 N–H and O–H groups in total. The van der Waals surface area contributed by atoms with E-state index in [1.54, 1.807) is 39.8 Å². The fraction of sp³-hybridized carbons (Fsp3) is 0.304. The third kappa shape index (κ3) is 4.46. The first kappa shape index (κ1) is 22.5. The molecule has 0 aliphatic heterocycles. The summed E-state index contributed by atoms with van der Waals surface area (Å²) in [5.74, 6) is -0.765. The van der Waals surface area contributed by atoms with Gasteiger partial charge in [-0.05, 0) is 56.0 Å². The van der Waals surface area contributed by atoms with Crippen molar-refractivity contribution >= 4 is 17.4 Å². The van der Waals surface area contributed by atoms with Crippen LogP contribution < -0.4 is 16.0 Å². The number of aromatic amines is 1. The minimum atomic E-state index is -0.686. The molecule has 7 nitrogen and oxygen atoms in total. The molecular formula is C23H24ClN3O4. The molecule has 31 heavy (non-hydrogen) atoms. The SMILES string of the molecule is Cc1cc(Cl)cc(C(=O)c2c(C(C)C)c(=O)[nH]c(=O)n2Cc2c(C)c[n+]([O-])cc2C)c1. The van der Waals surface area contributed by atoms with Crippen LogP contribution in [0.4, 0.5) is 0 Å². The first-order valence-corrected chi connectivity index (χ1v) is 10.2. The van der Waals surface area contributed by atoms with Gasteiger partial charge in [-0.1, -0.05) is 25.4 Å². The number of nitrogens with one attached hydrogen (secondary N) is 1. The van der Waals surface area contributed by atoms with Crippen molar-refractivity contribution in [3.05, 3.63) is 101 Å². The predicted octanol–water partition coefficient (Wildman–Crippen LogP) is 3.15. The van der Waals surface area contributed by atoms with Gasteiger partial charge in [0.2, 0.25) is 5.78 Å². The number of aryl methyl sites for hydroxylation is 3. The molecule has 0 atom stereocenters. The molecule has 0 radical (unpaired) electrons. The molecule has 3 rings (SSSR count). The van der Waals surface area contributed by atoms with Crippen LogP contribution in [0.5, 0.6) is 0 Å². The van der Waals surface area contributed by atoms with Crippen molar-refractivity contribution in [3.8, 4) is 0 Å². The van der Waals surface area contributed by atoms with E-state index in [-0.39, 0.29) is 23.7 Å². The number of hydrogen-bond donors (Lipinski definition) is 1. The molecule has 0 saturated carbocycles. The van der Waals surface area contributed by atoms with Gasteiger partial charge in [0.05, 0.1) is 6.54 Å². The summed E-state index contributed by atoms with van der Waals surface area (Å²) in [7, 11) is 0. The lowest BCUT2D eigenvalue weighted by molar-refractivity contribution is -0.606. The van der Waals surface area contributed by atoms with Crippen molar-refractivity contribution in [3.63, 3.8) is 0 Å². The van der Waals surface area contributed by atoms with E-state index in [1.165, 1.54) is 23.0 Å². The first-order chi connectivity index (χ1) is 14.5. The van der Waals surface area contributed by atoms with Crippen LogP contribution in [0, 0.1) is 26.0 Å². The highest BCUT2D eigenvalue weighted by Crippen LogP contribution is 2.23. The third-order valence-electron chi connectivity index (χ3n) is 5.24. The molecule has 0 aliphatic carbocycles. The van der Waals surface area contributed by atoms with Crippen molar-refractivity contribution in [2.45, 2.75) is 47.1 Å². The molecular weight excluding hydrogens is 418 g/mol. The van der Waals surface area contributed by atoms with Crippen molar-refractivity contribution < 1.29 is 9.52 Å². The second-order valence-corrected chi connectivity index (χ2v) is 8.51. The number of ketones is 1. The maximum Gasteiger partial charge on any atom is 0.329 e. The average molecular weight is 442 g/mol. The first-order valence-electron chi connectivity index (χ1n) is 9.87. The molecule has 0 fully saturated rings. The minimum absolute atomic E-state index is 0.0306. The van der Waals surface area contributed by atoms with E-state index in [0.717, 1.165) is 11.1 Å². The van der Waals surface area contributed by atoms with E-state index >= 15 is 0 Å². The number of carbonyl (C=O) groups excluding carboxylic acids is 1. The van der Waals surface area contributed by atoms with Crippen LogP contribution in [-0.2, 0) is 6.54 Å². The number of benzene rings is 1. The molecule has 0 bridgehead atoms. The molecule has 0 unspecified atom stereocenters. The van der Waals surface area contributed by atoms with E-state index in [1.807, 2.05) is 6.92 Å². The maximum atomic E-state index is 13.6. The second kappa shape index (κ2) is 8.51. The number of rotatable bonds is 5. The zero-order valence-electron chi connectivity index (χ0n) is 18.1. The van der Waals surface area contributed by atoms with Gasteiger partial charge in [0, 0.05) is 27.3 Å². The Labute approximate surface area is 184 Å². The quantitative estimate of drug-likeness (QED) is 0.373. The molecule has 2 heterocycles.